The highest BCUT2D eigenvalue weighted by molar-refractivity contribution is 7.90. The van der Waals surface area contributed by atoms with Crippen molar-refractivity contribution in [1.29, 1.82) is 0 Å². The third kappa shape index (κ3) is 5.53. The summed E-state index contributed by atoms with van der Waals surface area (Å²) in [6.07, 6.45) is 1.42. The highest BCUT2D eigenvalue weighted by Gasteiger charge is 2.21. The summed E-state index contributed by atoms with van der Waals surface area (Å²) in [6, 6.07) is 13.7. The molecule has 2 rings (SSSR count). The van der Waals surface area contributed by atoms with E-state index in [1.54, 1.807) is 42.5 Å². The SMILES string of the molecule is N[C@@H](Cc1ccc(O)cc1)C(=O)OS(=O)(=O)C=Cc1ccccc1. The van der Waals surface area contributed by atoms with Gasteiger partial charge in [0.2, 0.25) is 0 Å². The van der Waals surface area contributed by atoms with Crippen molar-refractivity contribution in [3.05, 3.63) is 71.1 Å². The van der Waals surface area contributed by atoms with Crippen LogP contribution in [0.25, 0.3) is 6.08 Å². The van der Waals surface area contributed by atoms with Gasteiger partial charge < -0.3 is 15.0 Å². The first-order valence-electron chi connectivity index (χ1n) is 7.11. The molecule has 2 aromatic carbocycles. The van der Waals surface area contributed by atoms with Crippen LogP contribution in [0.5, 0.6) is 5.75 Å². The lowest BCUT2D eigenvalue weighted by Gasteiger charge is -2.10. The van der Waals surface area contributed by atoms with Crippen LogP contribution >= 0.6 is 0 Å². The Morgan fingerprint density at radius 3 is 2.38 bits per heavy atom. The molecule has 0 aromatic heterocycles. The molecule has 126 valence electrons. The Morgan fingerprint density at radius 2 is 1.75 bits per heavy atom. The van der Waals surface area contributed by atoms with E-state index in [2.05, 4.69) is 4.18 Å². The van der Waals surface area contributed by atoms with Gasteiger partial charge in [0.25, 0.3) is 0 Å². The van der Waals surface area contributed by atoms with Gasteiger partial charge in [-0.05, 0) is 35.8 Å². The molecular formula is C17H17NO5S. The van der Waals surface area contributed by atoms with Gasteiger partial charge in [-0.3, -0.25) is 0 Å². The zero-order chi connectivity index (χ0) is 17.6. The fourth-order valence-corrected chi connectivity index (χ4v) is 2.63. The summed E-state index contributed by atoms with van der Waals surface area (Å²) in [4.78, 5) is 11.8. The summed E-state index contributed by atoms with van der Waals surface area (Å²) in [6.45, 7) is 0. The molecular weight excluding hydrogens is 330 g/mol. The van der Waals surface area contributed by atoms with E-state index in [1.807, 2.05) is 0 Å². The highest BCUT2D eigenvalue weighted by atomic mass is 32.2. The van der Waals surface area contributed by atoms with Crippen molar-refractivity contribution in [3.8, 4) is 5.75 Å². The van der Waals surface area contributed by atoms with Gasteiger partial charge in [-0.2, -0.15) is 8.42 Å². The standard InChI is InChI=1S/C17H17NO5S/c18-16(12-14-6-8-15(19)9-7-14)17(20)23-24(21,22)11-10-13-4-2-1-3-5-13/h1-11,16,19H,12,18H2/t16-/m0/s1. The minimum absolute atomic E-state index is 0.0866. The van der Waals surface area contributed by atoms with Gasteiger partial charge in [0, 0.05) is 0 Å². The first-order valence-corrected chi connectivity index (χ1v) is 8.58. The molecule has 0 fully saturated rings. The number of carbonyl (C=O) groups is 1. The van der Waals surface area contributed by atoms with Crippen LogP contribution in [-0.4, -0.2) is 25.5 Å². The van der Waals surface area contributed by atoms with Crippen LogP contribution < -0.4 is 5.73 Å². The van der Waals surface area contributed by atoms with Crippen molar-refractivity contribution >= 4 is 22.2 Å². The molecule has 2 aromatic rings. The van der Waals surface area contributed by atoms with Crippen LogP contribution in [0.2, 0.25) is 0 Å². The zero-order valence-corrected chi connectivity index (χ0v) is 13.5. The quantitative estimate of drug-likeness (QED) is 0.772. The molecule has 0 aliphatic rings. The number of phenols is 1. The molecule has 0 unspecified atom stereocenters. The van der Waals surface area contributed by atoms with Crippen LogP contribution in [0.15, 0.2) is 60.0 Å². The molecule has 1 atom stereocenters. The molecule has 0 amide bonds. The number of benzene rings is 2. The minimum Gasteiger partial charge on any atom is -0.508 e. The van der Waals surface area contributed by atoms with E-state index in [9.17, 15) is 18.3 Å². The summed E-state index contributed by atoms with van der Waals surface area (Å²) < 4.78 is 28.1. The maximum atomic E-state index is 11.8. The van der Waals surface area contributed by atoms with Crippen molar-refractivity contribution in [2.45, 2.75) is 12.5 Å². The Bertz CT molecular complexity index is 814. The topological polar surface area (TPSA) is 107 Å². The second-order valence-corrected chi connectivity index (χ2v) is 6.51. The molecule has 3 N–H and O–H groups in total. The number of hydrogen-bond acceptors (Lipinski definition) is 6. The van der Waals surface area contributed by atoms with Crippen molar-refractivity contribution < 1.29 is 22.5 Å². The zero-order valence-electron chi connectivity index (χ0n) is 12.7. The molecule has 0 heterocycles. The monoisotopic (exact) mass is 347 g/mol. The maximum Gasteiger partial charge on any atom is 0.339 e. The van der Waals surface area contributed by atoms with Crippen LogP contribution in [0.1, 0.15) is 11.1 Å². The van der Waals surface area contributed by atoms with Crippen LogP contribution in [0, 0.1) is 0 Å². The van der Waals surface area contributed by atoms with E-state index >= 15 is 0 Å². The van der Waals surface area contributed by atoms with Gasteiger partial charge >= 0.3 is 16.1 Å². The number of carbonyl (C=O) groups excluding carboxylic acids is 1. The number of aromatic hydroxyl groups is 1. The lowest BCUT2D eigenvalue weighted by Crippen LogP contribution is -2.35. The smallest absolute Gasteiger partial charge is 0.339 e. The average Bonchev–Trinajstić information content (AvgIpc) is 2.56. The summed E-state index contributed by atoms with van der Waals surface area (Å²) in [5.41, 5.74) is 7.01. The van der Waals surface area contributed by atoms with Gasteiger partial charge in [0.05, 0.1) is 5.41 Å². The highest BCUT2D eigenvalue weighted by Crippen LogP contribution is 2.12. The molecule has 24 heavy (non-hydrogen) atoms. The maximum absolute atomic E-state index is 11.8. The third-order valence-corrected chi connectivity index (χ3v) is 3.99. The molecule has 6 nitrogen and oxygen atoms in total. The number of phenolic OH excluding ortho intramolecular Hbond substituents is 1. The van der Waals surface area contributed by atoms with Gasteiger partial charge in [0.15, 0.2) is 0 Å². The number of hydrogen-bond donors (Lipinski definition) is 2. The van der Waals surface area contributed by atoms with Crippen molar-refractivity contribution in [1.82, 2.24) is 0 Å². The Labute approximate surface area is 140 Å². The van der Waals surface area contributed by atoms with E-state index in [1.165, 1.54) is 18.2 Å². The predicted molar refractivity (Wildman–Crippen MR) is 90.3 cm³/mol. The normalized spacial score (nSPS) is 12.9. The Kier molecular flexibility index (Phi) is 5.73. The minimum atomic E-state index is -4.17. The second kappa shape index (κ2) is 7.76. The fourth-order valence-electron chi connectivity index (χ4n) is 1.90. The van der Waals surface area contributed by atoms with E-state index in [-0.39, 0.29) is 12.2 Å². The average molecular weight is 347 g/mol. The second-order valence-electron chi connectivity index (χ2n) is 5.09. The van der Waals surface area contributed by atoms with Crippen molar-refractivity contribution in [3.63, 3.8) is 0 Å². The number of rotatable bonds is 6. The molecule has 0 saturated carbocycles. The molecule has 0 aliphatic carbocycles. The Morgan fingerprint density at radius 1 is 1.12 bits per heavy atom. The first-order chi connectivity index (χ1) is 11.4. The molecule has 0 saturated heterocycles. The predicted octanol–water partition coefficient (Wildman–Crippen LogP) is 1.81. The summed E-state index contributed by atoms with van der Waals surface area (Å²) in [5.74, 6) is -0.954. The Balaban J connectivity index is 1.96. The van der Waals surface area contributed by atoms with E-state index < -0.39 is 22.1 Å². The van der Waals surface area contributed by atoms with Crippen molar-refractivity contribution in [2.75, 3.05) is 0 Å². The van der Waals surface area contributed by atoms with Gasteiger partial charge in [-0.25, -0.2) is 4.79 Å². The molecule has 0 bridgehead atoms. The largest absolute Gasteiger partial charge is 0.508 e. The number of nitrogens with two attached hydrogens (primary N) is 1. The van der Waals surface area contributed by atoms with E-state index in [0.717, 1.165) is 5.41 Å². The lowest BCUT2D eigenvalue weighted by atomic mass is 10.1. The van der Waals surface area contributed by atoms with Crippen molar-refractivity contribution in [2.24, 2.45) is 5.73 Å². The van der Waals surface area contributed by atoms with E-state index in [0.29, 0.717) is 11.1 Å². The summed E-state index contributed by atoms with van der Waals surface area (Å²) >= 11 is 0. The molecule has 0 aliphatic heterocycles. The molecule has 7 heteroatoms. The first kappa shape index (κ1) is 17.7. The van der Waals surface area contributed by atoms with Crippen LogP contribution in [-0.2, 0) is 25.5 Å². The molecule has 0 radical (unpaired) electrons. The Hall–Kier alpha value is -2.64. The summed E-state index contributed by atoms with van der Waals surface area (Å²) in [7, 11) is -4.17. The van der Waals surface area contributed by atoms with Gasteiger partial charge in [-0.15, -0.1) is 0 Å². The van der Waals surface area contributed by atoms with Crippen LogP contribution in [0.4, 0.5) is 0 Å². The van der Waals surface area contributed by atoms with Gasteiger partial charge in [0.1, 0.15) is 11.8 Å². The van der Waals surface area contributed by atoms with Crippen LogP contribution in [0.3, 0.4) is 0 Å². The molecule has 0 spiro atoms. The third-order valence-electron chi connectivity index (χ3n) is 3.12. The summed E-state index contributed by atoms with van der Waals surface area (Å²) in [5, 5.41) is 10.0. The fraction of sp³-hybridized carbons (Fsp3) is 0.118. The van der Waals surface area contributed by atoms with Gasteiger partial charge in [-0.1, -0.05) is 42.5 Å². The van der Waals surface area contributed by atoms with E-state index in [4.69, 9.17) is 5.73 Å². The lowest BCUT2D eigenvalue weighted by molar-refractivity contribution is -0.135.